The van der Waals surface area contributed by atoms with E-state index in [9.17, 15) is 9.59 Å². The molecule has 92 valence electrons. The second kappa shape index (κ2) is 5.24. The Balaban J connectivity index is 2.78. The van der Waals surface area contributed by atoms with Crippen molar-refractivity contribution in [2.45, 2.75) is 19.8 Å². The number of nitrogens with zero attached hydrogens (tertiary/aromatic N) is 3. The van der Waals surface area contributed by atoms with E-state index in [0.29, 0.717) is 11.5 Å². The Labute approximate surface area is 98.3 Å². The van der Waals surface area contributed by atoms with Crippen molar-refractivity contribution < 1.29 is 14.7 Å². The molecule has 0 atom stereocenters. The van der Waals surface area contributed by atoms with Gasteiger partial charge in [0.05, 0.1) is 12.6 Å². The number of anilines is 2. The van der Waals surface area contributed by atoms with Gasteiger partial charge >= 0.3 is 5.97 Å². The van der Waals surface area contributed by atoms with Gasteiger partial charge in [-0.1, -0.05) is 0 Å². The van der Waals surface area contributed by atoms with E-state index in [1.165, 1.54) is 18.1 Å². The molecule has 17 heavy (non-hydrogen) atoms. The number of aryl methyl sites for hydroxylation is 1. The first-order valence-electron chi connectivity index (χ1n) is 4.99. The number of carboxylic acids is 1. The van der Waals surface area contributed by atoms with Gasteiger partial charge in [-0.05, 0) is 6.92 Å². The second-order valence-corrected chi connectivity index (χ2v) is 3.53. The van der Waals surface area contributed by atoms with Crippen LogP contribution in [0.5, 0.6) is 0 Å². The fraction of sp³-hybridized carbons (Fsp3) is 0.400. The van der Waals surface area contributed by atoms with Gasteiger partial charge in [-0.25, -0.2) is 9.97 Å². The Morgan fingerprint density at radius 1 is 1.47 bits per heavy atom. The molecule has 0 bridgehead atoms. The highest BCUT2D eigenvalue weighted by Gasteiger charge is 2.15. The van der Waals surface area contributed by atoms with Gasteiger partial charge in [0.15, 0.2) is 5.82 Å². The number of aromatic nitrogens is 2. The minimum Gasteiger partial charge on any atom is -0.481 e. The molecule has 3 N–H and O–H groups in total. The van der Waals surface area contributed by atoms with Crippen molar-refractivity contribution in [3.8, 4) is 0 Å². The van der Waals surface area contributed by atoms with E-state index in [1.54, 1.807) is 6.92 Å². The van der Waals surface area contributed by atoms with Crippen LogP contribution in [0.2, 0.25) is 0 Å². The molecule has 1 amide bonds. The maximum Gasteiger partial charge on any atom is 0.303 e. The number of hydrogen-bond donors (Lipinski definition) is 2. The van der Waals surface area contributed by atoms with Crippen LogP contribution in [0.3, 0.4) is 0 Å². The summed E-state index contributed by atoms with van der Waals surface area (Å²) in [6.07, 6.45) is 1.14. The van der Waals surface area contributed by atoms with Crippen molar-refractivity contribution in [3.05, 3.63) is 12.0 Å². The molecule has 1 aromatic rings. The summed E-state index contributed by atoms with van der Waals surface area (Å²) >= 11 is 0. The zero-order chi connectivity index (χ0) is 13.0. The molecule has 7 heteroatoms. The third-order valence-corrected chi connectivity index (χ3v) is 2.21. The largest absolute Gasteiger partial charge is 0.481 e. The van der Waals surface area contributed by atoms with Crippen LogP contribution in [0.25, 0.3) is 0 Å². The van der Waals surface area contributed by atoms with Crippen LogP contribution in [-0.4, -0.2) is 34.0 Å². The lowest BCUT2D eigenvalue weighted by Crippen LogP contribution is -2.27. The van der Waals surface area contributed by atoms with Gasteiger partial charge in [0, 0.05) is 13.5 Å². The lowest BCUT2D eigenvalue weighted by molar-refractivity contribution is -0.138. The normalized spacial score (nSPS) is 10.0. The fourth-order valence-corrected chi connectivity index (χ4v) is 1.26. The highest BCUT2D eigenvalue weighted by molar-refractivity contribution is 5.96. The molecule has 1 heterocycles. The van der Waals surface area contributed by atoms with E-state index in [2.05, 4.69) is 9.97 Å². The second-order valence-electron chi connectivity index (χ2n) is 3.53. The molecule has 0 aliphatic rings. The van der Waals surface area contributed by atoms with Gasteiger partial charge in [-0.3, -0.25) is 9.59 Å². The zero-order valence-electron chi connectivity index (χ0n) is 9.67. The van der Waals surface area contributed by atoms with E-state index in [-0.39, 0.29) is 24.6 Å². The Kier molecular flexibility index (Phi) is 3.97. The molecule has 1 rings (SSSR count). The molecule has 0 fully saturated rings. The van der Waals surface area contributed by atoms with Crippen molar-refractivity contribution in [2.24, 2.45) is 0 Å². The number of nitrogens with two attached hydrogens (primary N) is 1. The van der Waals surface area contributed by atoms with Crippen LogP contribution < -0.4 is 10.6 Å². The third-order valence-electron chi connectivity index (χ3n) is 2.21. The number of hydrogen-bond acceptors (Lipinski definition) is 5. The van der Waals surface area contributed by atoms with Gasteiger partial charge in [0.1, 0.15) is 11.5 Å². The number of amides is 1. The Bertz CT molecular complexity index is 447. The molecule has 0 aromatic carbocycles. The van der Waals surface area contributed by atoms with Crippen molar-refractivity contribution in [1.29, 1.82) is 0 Å². The average Bonchev–Trinajstić information content (AvgIpc) is 2.25. The van der Waals surface area contributed by atoms with Crippen LogP contribution >= 0.6 is 0 Å². The molecule has 0 unspecified atom stereocenters. The summed E-state index contributed by atoms with van der Waals surface area (Å²) < 4.78 is 0. The summed E-state index contributed by atoms with van der Waals surface area (Å²) in [4.78, 5) is 31.1. The number of carbonyl (C=O) groups excluding carboxylic acids is 1. The summed E-state index contributed by atoms with van der Waals surface area (Å²) in [6.45, 7) is 1.69. The van der Waals surface area contributed by atoms with Crippen LogP contribution in [-0.2, 0) is 9.59 Å². The quantitative estimate of drug-likeness (QED) is 0.775. The fourth-order valence-electron chi connectivity index (χ4n) is 1.26. The topological polar surface area (TPSA) is 109 Å². The van der Waals surface area contributed by atoms with Gasteiger partial charge in [0.2, 0.25) is 5.91 Å². The summed E-state index contributed by atoms with van der Waals surface area (Å²) in [5, 5.41) is 8.49. The summed E-state index contributed by atoms with van der Waals surface area (Å²) in [5.74, 6) is -0.646. The molecule has 1 aromatic heterocycles. The van der Waals surface area contributed by atoms with Crippen LogP contribution in [0.4, 0.5) is 11.5 Å². The van der Waals surface area contributed by atoms with E-state index >= 15 is 0 Å². The summed E-state index contributed by atoms with van der Waals surface area (Å²) in [5.41, 5.74) is 6.04. The number of aliphatic carboxylic acids is 1. The molecular weight excluding hydrogens is 224 g/mol. The van der Waals surface area contributed by atoms with Crippen molar-refractivity contribution in [2.75, 3.05) is 17.7 Å². The highest BCUT2D eigenvalue weighted by atomic mass is 16.4. The first kappa shape index (κ1) is 12.9. The monoisotopic (exact) mass is 238 g/mol. The minimum absolute atomic E-state index is 0.0842. The average molecular weight is 238 g/mol. The van der Waals surface area contributed by atoms with E-state index < -0.39 is 5.97 Å². The molecule has 7 nitrogen and oxygen atoms in total. The van der Waals surface area contributed by atoms with E-state index in [4.69, 9.17) is 10.8 Å². The van der Waals surface area contributed by atoms with Crippen molar-refractivity contribution in [1.82, 2.24) is 9.97 Å². The van der Waals surface area contributed by atoms with E-state index in [0.717, 1.165) is 0 Å². The Hall–Kier alpha value is -2.18. The number of nitrogen functional groups attached to an aromatic ring is 1. The first-order valence-corrected chi connectivity index (χ1v) is 4.99. The van der Waals surface area contributed by atoms with Crippen LogP contribution in [0.1, 0.15) is 18.7 Å². The molecular formula is C10H14N4O3. The number of carboxylic acid groups (broad SMARTS) is 1. The number of carbonyl (C=O) groups is 2. The molecule has 0 saturated carbocycles. The standard InChI is InChI=1S/C10H14N4O3/c1-6-12-5-7(10(11)13-6)14(2)8(15)3-4-9(16)17/h5H,3-4H2,1-2H3,(H,16,17)(H2,11,12,13). The Morgan fingerprint density at radius 2 is 2.12 bits per heavy atom. The van der Waals surface area contributed by atoms with Gasteiger partial charge in [-0.2, -0.15) is 0 Å². The van der Waals surface area contributed by atoms with Crippen LogP contribution in [0, 0.1) is 6.92 Å². The Morgan fingerprint density at radius 3 is 2.65 bits per heavy atom. The van der Waals surface area contributed by atoms with Crippen molar-refractivity contribution in [3.63, 3.8) is 0 Å². The van der Waals surface area contributed by atoms with Gasteiger partial charge in [-0.15, -0.1) is 0 Å². The summed E-state index contributed by atoms with van der Waals surface area (Å²) in [6, 6.07) is 0. The number of rotatable bonds is 4. The lowest BCUT2D eigenvalue weighted by atomic mass is 10.2. The predicted octanol–water partition coefficient (Wildman–Crippen LogP) is 0.195. The molecule has 0 radical (unpaired) electrons. The van der Waals surface area contributed by atoms with E-state index in [1.807, 2.05) is 0 Å². The smallest absolute Gasteiger partial charge is 0.303 e. The summed E-state index contributed by atoms with van der Waals surface area (Å²) in [7, 11) is 1.51. The SMILES string of the molecule is Cc1ncc(N(C)C(=O)CCC(=O)O)c(N)n1. The third kappa shape index (κ3) is 3.40. The van der Waals surface area contributed by atoms with Gasteiger partial charge < -0.3 is 15.7 Å². The predicted molar refractivity (Wildman–Crippen MR) is 61.5 cm³/mol. The molecule has 0 spiro atoms. The first-order chi connectivity index (χ1) is 7.91. The molecule has 0 aliphatic carbocycles. The highest BCUT2D eigenvalue weighted by Crippen LogP contribution is 2.19. The van der Waals surface area contributed by atoms with Crippen molar-refractivity contribution >= 4 is 23.4 Å². The maximum absolute atomic E-state index is 11.6. The zero-order valence-corrected chi connectivity index (χ0v) is 9.67. The molecule has 0 aliphatic heterocycles. The lowest BCUT2D eigenvalue weighted by Gasteiger charge is -2.17. The molecule has 0 saturated heterocycles. The minimum atomic E-state index is -1.01. The van der Waals surface area contributed by atoms with Crippen LogP contribution in [0.15, 0.2) is 6.20 Å². The maximum atomic E-state index is 11.6. The van der Waals surface area contributed by atoms with Gasteiger partial charge in [0.25, 0.3) is 0 Å².